The van der Waals surface area contributed by atoms with E-state index in [4.69, 9.17) is 10.2 Å². The summed E-state index contributed by atoms with van der Waals surface area (Å²) in [7, 11) is 0. The van der Waals surface area contributed by atoms with Gasteiger partial charge in [0.2, 0.25) is 11.8 Å². The van der Waals surface area contributed by atoms with Gasteiger partial charge in [-0.1, -0.05) is 48.5 Å². The van der Waals surface area contributed by atoms with Gasteiger partial charge in [-0.2, -0.15) is 0 Å². The van der Waals surface area contributed by atoms with Gasteiger partial charge in [-0.15, -0.1) is 10.2 Å². The maximum absolute atomic E-state index is 6.12. The van der Waals surface area contributed by atoms with Crippen molar-refractivity contribution in [2.75, 3.05) is 0 Å². The Morgan fingerprint density at radius 3 is 2.25 bits per heavy atom. The highest BCUT2D eigenvalue weighted by Crippen LogP contribution is 2.21. The zero-order valence-corrected chi connectivity index (χ0v) is 10.9. The lowest BCUT2D eigenvalue weighted by Crippen LogP contribution is -2.13. The molecular formula is C16H15N3O. The summed E-state index contributed by atoms with van der Waals surface area (Å²) in [6.07, 6.45) is 0.678. The Labute approximate surface area is 117 Å². The Balaban J connectivity index is 1.77. The van der Waals surface area contributed by atoms with E-state index in [9.17, 15) is 0 Å². The van der Waals surface area contributed by atoms with Gasteiger partial charge in [-0.3, -0.25) is 0 Å². The van der Waals surface area contributed by atoms with Gasteiger partial charge in [0.1, 0.15) is 0 Å². The summed E-state index contributed by atoms with van der Waals surface area (Å²) in [4.78, 5) is 0. The van der Waals surface area contributed by atoms with Crippen LogP contribution in [0.5, 0.6) is 0 Å². The minimum atomic E-state index is -0.289. The van der Waals surface area contributed by atoms with E-state index >= 15 is 0 Å². The molecule has 0 bridgehead atoms. The summed E-state index contributed by atoms with van der Waals surface area (Å²) >= 11 is 0. The molecule has 100 valence electrons. The minimum Gasteiger partial charge on any atom is -0.419 e. The quantitative estimate of drug-likeness (QED) is 0.787. The highest BCUT2D eigenvalue weighted by atomic mass is 16.4. The van der Waals surface area contributed by atoms with Gasteiger partial charge in [-0.05, 0) is 24.1 Å². The fourth-order valence-corrected chi connectivity index (χ4v) is 2.04. The Hall–Kier alpha value is -2.46. The lowest BCUT2D eigenvalue weighted by Gasteiger charge is -2.06. The van der Waals surface area contributed by atoms with E-state index in [0.29, 0.717) is 18.2 Å². The summed E-state index contributed by atoms with van der Waals surface area (Å²) < 4.78 is 5.66. The summed E-state index contributed by atoms with van der Waals surface area (Å²) in [5, 5.41) is 8.10. The molecule has 20 heavy (non-hydrogen) atoms. The molecule has 3 aromatic rings. The van der Waals surface area contributed by atoms with Gasteiger partial charge >= 0.3 is 0 Å². The summed E-state index contributed by atoms with van der Waals surface area (Å²) in [6.45, 7) is 0. The molecule has 1 atom stereocenters. The predicted octanol–water partition coefficient (Wildman–Crippen LogP) is 2.98. The van der Waals surface area contributed by atoms with E-state index in [0.717, 1.165) is 11.1 Å². The molecule has 4 nitrogen and oxygen atoms in total. The zero-order valence-electron chi connectivity index (χ0n) is 10.9. The summed E-state index contributed by atoms with van der Waals surface area (Å²) in [5.74, 6) is 0.969. The SMILES string of the molecule is N[C@@H](Cc1ccccc1)c1nnc(-c2ccccc2)o1. The Morgan fingerprint density at radius 2 is 1.55 bits per heavy atom. The van der Waals surface area contributed by atoms with Crippen molar-refractivity contribution < 1.29 is 4.42 Å². The van der Waals surface area contributed by atoms with Gasteiger partial charge in [0.05, 0.1) is 6.04 Å². The van der Waals surface area contributed by atoms with E-state index in [-0.39, 0.29) is 6.04 Å². The highest BCUT2D eigenvalue weighted by molar-refractivity contribution is 5.51. The van der Waals surface area contributed by atoms with Gasteiger partial charge < -0.3 is 10.2 Å². The van der Waals surface area contributed by atoms with E-state index in [1.165, 1.54) is 0 Å². The van der Waals surface area contributed by atoms with Crippen molar-refractivity contribution in [2.24, 2.45) is 5.73 Å². The Morgan fingerprint density at radius 1 is 0.900 bits per heavy atom. The molecule has 3 rings (SSSR count). The summed E-state index contributed by atoms with van der Waals surface area (Å²) in [5.41, 5.74) is 8.18. The van der Waals surface area contributed by atoms with Gasteiger partial charge in [0, 0.05) is 5.56 Å². The average molecular weight is 265 g/mol. The first-order chi connectivity index (χ1) is 9.83. The molecule has 0 fully saturated rings. The number of hydrogen-bond donors (Lipinski definition) is 1. The molecule has 0 aliphatic rings. The van der Waals surface area contributed by atoms with Crippen LogP contribution < -0.4 is 5.73 Å². The Bertz CT molecular complexity index is 664. The largest absolute Gasteiger partial charge is 0.419 e. The summed E-state index contributed by atoms with van der Waals surface area (Å²) in [6, 6.07) is 19.4. The molecule has 0 spiro atoms. The van der Waals surface area contributed by atoms with Crippen molar-refractivity contribution >= 4 is 0 Å². The van der Waals surface area contributed by atoms with Crippen LogP contribution in [-0.4, -0.2) is 10.2 Å². The molecule has 0 radical (unpaired) electrons. The fraction of sp³-hybridized carbons (Fsp3) is 0.125. The number of aromatic nitrogens is 2. The molecule has 0 amide bonds. The lowest BCUT2D eigenvalue weighted by atomic mass is 10.1. The van der Waals surface area contributed by atoms with Crippen LogP contribution in [0.4, 0.5) is 0 Å². The first-order valence-corrected chi connectivity index (χ1v) is 6.51. The smallest absolute Gasteiger partial charge is 0.247 e. The van der Waals surface area contributed by atoms with Crippen molar-refractivity contribution in [1.82, 2.24) is 10.2 Å². The minimum absolute atomic E-state index is 0.289. The molecule has 0 saturated heterocycles. The van der Waals surface area contributed by atoms with Crippen LogP contribution in [0.25, 0.3) is 11.5 Å². The van der Waals surface area contributed by atoms with Crippen LogP contribution in [0.1, 0.15) is 17.5 Å². The first-order valence-electron chi connectivity index (χ1n) is 6.51. The van der Waals surface area contributed by atoms with Crippen LogP contribution in [0.3, 0.4) is 0 Å². The maximum atomic E-state index is 6.12. The molecule has 0 saturated carbocycles. The van der Waals surface area contributed by atoms with E-state index in [1.54, 1.807) is 0 Å². The number of hydrogen-bond acceptors (Lipinski definition) is 4. The second kappa shape index (κ2) is 5.67. The maximum Gasteiger partial charge on any atom is 0.247 e. The van der Waals surface area contributed by atoms with Gasteiger partial charge in [0.25, 0.3) is 0 Å². The van der Waals surface area contributed by atoms with Crippen LogP contribution in [0, 0.1) is 0 Å². The monoisotopic (exact) mass is 265 g/mol. The third kappa shape index (κ3) is 2.75. The molecular weight excluding hydrogens is 250 g/mol. The number of benzene rings is 2. The van der Waals surface area contributed by atoms with Crippen LogP contribution in [0.2, 0.25) is 0 Å². The topological polar surface area (TPSA) is 64.9 Å². The van der Waals surface area contributed by atoms with Gasteiger partial charge in [-0.25, -0.2) is 0 Å². The first kappa shape index (κ1) is 12.6. The third-order valence-corrected chi connectivity index (χ3v) is 3.08. The molecule has 0 unspecified atom stereocenters. The number of nitrogens with zero attached hydrogens (tertiary/aromatic N) is 2. The molecule has 2 N–H and O–H groups in total. The number of rotatable bonds is 4. The molecule has 0 aliphatic heterocycles. The molecule has 1 aromatic heterocycles. The zero-order chi connectivity index (χ0) is 13.8. The van der Waals surface area contributed by atoms with Crippen molar-refractivity contribution in [1.29, 1.82) is 0 Å². The second-order valence-electron chi connectivity index (χ2n) is 4.61. The second-order valence-corrected chi connectivity index (χ2v) is 4.61. The number of nitrogens with two attached hydrogens (primary N) is 1. The fourth-order valence-electron chi connectivity index (χ4n) is 2.04. The lowest BCUT2D eigenvalue weighted by molar-refractivity contribution is 0.457. The van der Waals surface area contributed by atoms with Crippen LogP contribution >= 0.6 is 0 Å². The van der Waals surface area contributed by atoms with E-state index < -0.39 is 0 Å². The Kier molecular flexibility index (Phi) is 3.56. The predicted molar refractivity (Wildman–Crippen MR) is 76.8 cm³/mol. The van der Waals surface area contributed by atoms with Crippen molar-refractivity contribution in [3.05, 3.63) is 72.1 Å². The highest BCUT2D eigenvalue weighted by Gasteiger charge is 2.15. The van der Waals surface area contributed by atoms with Crippen molar-refractivity contribution in [2.45, 2.75) is 12.5 Å². The molecule has 0 aliphatic carbocycles. The average Bonchev–Trinajstić information content (AvgIpc) is 2.99. The van der Waals surface area contributed by atoms with E-state index in [2.05, 4.69) is 10.2 Å². The van der Waals surface area contributed by atoms with E-state index in [1.807, 2.05) is 60.7 Å². The third-order valence-electron chi connectivity index (χ3n) is 3.08. The molecule has 1 heterocycles. The van der Waals surface area contributed by atoms with Gasteiger partial charge in [0.15, 0.2) is 0 Å². The van der Waals surface area contributed by atoms with Crippen LogP contribution in [-0.2, 0) is 6.42 Å². The van der Waals surface area contributed by atoms with Crippen LogP contribution in [0.15, 0.2) is 65.1 Å². The van der Waals surface area contributed by atoms with Crippen molar-refractivity contribution in [3.8, 4) is 11.5 Å². The molecule has 2 aromatic carbocycles. The standard InChI is InChI=1S/C16H15N3O/c17-14(11-12-7-3-1-4-8-12)16-19-18-15(20-16)13-9-5-2-6-10-13/h1-10,14H,11,17H2/t14-/m0/s1. The van der Waals surface area contributed by atoms with Crippen molar-refractivity contribution in [3.63, 3.8) is 0 Å². The molecule has 4 heteroatoms. The normalized spacial score (nSPS) is 12.2.